The van der Waals surface area contributed by atoms with Gasteiger partial charge in [-0.1, -0.05) is 0 Å². The van der Waals surface area contributed by atoms with Crippen LogP contribution in [0.2, 0.25) is 0 Å². The molecular formula is C9H20Cl2N4-2. The first-order valence-electron chi connectivity index (χ1n) is 5.06. The van der Waals surface area contributed by atoms with Crippen LogP contribution in [-0.2, 0) is 0 Å². The van der Waals surface area contributed by atoms with Crippen LogP contribution in [0.15, 0.2) is 0 Å². The second-order valence-electron chi connectivity index (χ2n) is 4.37. The molecule has 0 atom stereocenters. The van der Waals surface area contributed by atoms with Crippen LogP contribution in [0.3, 0.4) is 0 Å². The highest BCUT2D eigenvalue weighted by Gasteiger charge is 2.22. The molecule has 0 bridgehead atoms. The van der Waals surface area contributed by atoms with Crippen LogP contribution in [0.1, 0.15) is 0 Å². The van der Waals surface area contributed by atoms with E-state index in [4.69, 9.17) is 0 Å². The normalized spacial score (nSPS) is 25.2. The molecule has 0 unspecified atom stereocenters. The molecule has 2 heterocycles. The van der Waals surface area contributed by atoms with Crippen molar-refractivity contribution >= 4 is 0 Å². The number of rotatable bonds is 2. The summed E-state index contributed by atoms with van der Waals surface area (Å²) in [7, 11) is 4.38. The first-order valence-corrected chi connectivity index (χ1v) is 5.06. The third kappa shape index (κ3) is 4.43. The Hall–Kier alpha value is 0.420. The highest BCUT2D eigenvalue weighted by Crippen LogP contribution is 2.07. The van der Waals surface area contributed by atoms with E-state index in [0.29, 0.717) is 0 Å². The van der Waals surface area contributed by atoms with Gasteiger partial charge in [-0.3, -0.25) is 19.6 Å². The van der Waals surface area contributed by atoms with Gasteiger partial charge in [0.05, 0.1) is 20.0 Å². The molecule has 0 spiro atoms. The number of hydrogen-bond acceptors (Lipinski definition) is 4. The fourth-order valence-electron chi connectivity index (χ4n) is 2.10. The van der Waals surface area contributed by atoms with Crippen molar-refractivity contribution in [3.8, 4) is 0 Å². The average Bonchev–Trinajstić information content (AvgIpc) is 2.62. The Morgan fingerprint density at radius 2 is 1.13 bits per heavy atom. The van der Waals surface area contributed by atoms with Crippen molar-refractivity contribution in [2.45, 2.75) is 0 Å². The van der Waals surface area contributed by atoms with E-state index in [0.717, 1.165) is 20.0 Å². The van der Waals surface area contributed by atoms with Gasteiger partial charge in [0, 0.05) is 26.2 Å². The van der Waals surface area contributed by atoms with Gasteiger partial charge in [-0.25, -0.2) is 0 Å². The summed E-state index contributed by atoms with van der Waals surface area (Å²) in [4.78, 5) is 9.78. The largest absolute Gasteiger partial charge is 1.00 e. The Bertz CT molecular complexity index is 163. The summed E-state index contributed by atoms with van der Waals surface area (Å²) >= 11 is 0. The van der Waals surface area contributed by atoms with E-state index in [-0.39, 0.29) is 24.8 Å². The topological polar surface area (TPSA) is 13.0 Å². The Labute approximate surface area is 105 Å². The Morgan fingerprint density at radius 1 is 0.733 bits per heavy atom. The third-order valence-corrected chi connectivity index (χ3v) is 2.88. The molecule has 0 amide bonds. The maximum atomic E-state index is 2.51. The lowest BCUT2D eigenvalue weighted by molar-refractivity contribution is -0.001000. The fraction of sp³-hybridized carbons (Fsp3) is 1.00. The van der Waals surface area contributed by atoms with E-state index in [1.807, 2.05) is 0 Å². The molecule has 15 heavy (non-hydrogen) atoms. The lowest BCUT2D eigenvalue weighted by Crippen LogP contribution is -3.00. The number of hydrogen-bond donors (Lipinski definition) is 0. The maximum absolute atomic E-state index is 2.51. The van der Waals surface area contributed by atoms with Crippen LogP contribution in [0.25, 0.3) is 0 Å². The Morgan fingerprint density at radius 3 is 1.40 bits per heavy atom. The van der Waals surface area contributed by atoms with E-state index in [9.17, 15) is 0 Å². The van der Waals surface area contributed by atoms with Crippen molar-refractivity contribution in [3.05, 3.63) is 0 Å². The molecule has 0 saturated carbocycles. The third-order valence-electron chi connectivity index (χ3n) is 2.88. The predicted molar refractivity (Wildman–Crippen MR) is 53.3 cm³/mol. The molecule has 2 aliphatic rings. The molecule has 6 heteroatoms. The fourth-order valence-corrected chi connectivity index (χ4v) is 2.10. The van der Waals surface area contributed by atoms with Crippen molar-refractivity contribution in [3.63, 3.8) is 0 Å². The first-order chi connectivity index (χ1) is 6.24. The summed E-state index contributed by atoms with van der Waals surface area (Å²) < 4.78 is 0. The van der Waals surface area contributed by atoms with Gasteiger partial charge in [-0.2, -0.15) is 0 Å². The highest BCUT2D eigenvalue weighted by molar-refractivity contribution is 4.72. The van der Waals surface area contributed by atoms with Crippen LogP contribution < -0.4 is 24.8 Å². The van der Waals surface area contributed by atoms with Crippen molar-refractivity contribution < 1.29 is 24.8 Å². The van der Waals surface area contributed by atoms with E-state index in [1.54, 1.807) is 0 Å². The zero-order valence-electron chi connectivity index (χ0n) is 9.49. The molecule has 0 radical (unpaired) electrons. The van der Waals surface area contributed by atoms with E-state index in [2.05, 4.69) is 33.7 Å². The lowest BCUT2D eigenvalue weighted by atomic mass is 10.6. The van der Waals surface area contributed by atoms with Crippen LogP contribution in [0, 0.1) is 0 Å². The first kappa shape index (κ1) is 15.4. The van der Waals surface area contributed by atoms with Gasteiger partial charge in [0.1, 0.15) is 0 Å². The molecule has 2 aliphatic heterocycles. The minimum absolute atomic E-state index is 0. The van der Waals surface area contributed by atoms with Gasteiger partial charge in [0.25, 0.3) is 0 Å². The second kappa shape index (κ2) is 6.89. The van der Waals surface area contributed by atoms with Crippen LogP contribution in [0.4, 0.5) is 0 Å². The van der Waals surface area contributed by atoms with Crippen LogP contribution >= 0.6 is 0 Å². The van der Waals surface area contributed by atoms with Gasteiger partial charge in [0.15, 0.2) is 0 Å². The monoisotopic (exact) mass is 254 g/mol. The Balaban J connectivity index is 0.000000980. The summed E-state index contributed by atoms with van der Waals surface area (Å²) in [5.41, 5.74) is 0. The van der Waals surface area contributed by atoms with Crippen molar-refractivity contribution in [2.75, 3.05) is 60.3 Å². The summed E-state index contributed by atoms with van der Waals surface area (Å²) in [5.74, 6) is 0. The van der Waals surface area contributed by atoms with Gasteiger partial charge in [0.2, 0.25) is 0 Å². The molecule has 2 fully saturated rings. The maximum Gasteiger partial charge on any atom is 0.0531 e. The minimum atomic E-state index is 0. The number of nitrogens with zero attached hydrogens (tertiary/aromatic N) is 4. The minimum Gasteiger partial charge on any atom is -1.00 e. The smallest absolute Gasteiger partial charge is 0.0531 e. The molecule has 2 saturated heterocycles. The molecule has 0 aromatic rings. The molecule has 92 valence electrons. The molecule has 2 rings (SSSR count). The SMILES string of the molecule is CN1CCN(CN2CCN(C)C2)C1.[Cl-].[Cl-]. The molecule has 0 aromatic heterocycles. The van der Waals surface area contributed by atoms with E-state index < -0.39 is 0 Å². The van der Waals surface area contributed by atoms with Crippen LogP contribution in [-0.4, -0.2) is 79.9 Å². The zero-order valence-corrected chi connectivity index (χ0v) is 11.0. The average molecular weight is 255 g/mol. The van der Waals surface area contributed by atoms with E-state index >= 15 is 0 Å². The Kier molecular flexibility index (Phi) is 7.08. The van der Waals surface area contributed by atoms with Gasteiger partial charge < -0.3 is 24.8 Å². The van der Waals surface area contributed by atoms with Gasteiger partial charge in [-0.15, -0.1) is 0 Å². The number of likely N-dealkylation sites (N-methyl/N-ethyl adjacent to an activating group) is 2. The molecule has 0 aromatic carbocycles. The van der Waals surface area contributed by atoms with Gasteiger partial charge in [-0.05, 0) is 14.1 Å². The summed E-state index contributed by atoms with van der Waals surface area (Å²) in [5, 5.41) is 0. The molecule has 0 N–H and O–H groups in total. The summed E-state index contributed by atoms with van der Waals surface area (Å²) in [6, 6.07) is 0. The van der Waals surface area contributed by atoms with Crippen molar-refractivity contribution in [1.29, 1.82) is 0 Å². The standard InChI is InChI=1S/C9H20N4.2ClH/c1-10-3-5-12(7-10)9-13-6-4-11(2)8-13;;/h3-9H2,1-2H3;2*1H/p-2. The zero-order chi connectivity index (χ0) is 9.26. The highest BCUT2D eigenvalue weighted by atomic mass is 35.5. The van der Waals surface area contributed by atoms with Crippen molar-refractivity contribution in [2.24, 2.45) is 0 Å². The quantitative estimate of drug-likeness (QED) is 0.486. The molecule has 0 aliphatic carbocycles. The summed E-state index contributed by atoms with van der Waals surface area (Å²) in [6.07, 6.45) is 0. The predicted octanol–water partition coefficient (Wildman–Crippen LogP) is -6.64. The van der Waals surface area contributed by atoms with Gasteiger partial charge >= 0.3 is 0 Å². The molecule has 4 nitrogen and oxygen atoms in total. The van der Waals surface area contributed by atoms with E-state index in [1.165, 1.54) is 26.2 Å². The van der Waals surface area contributed by atoms with Crippen molar-refractivity contribution in [1.82, 2.24) is 19.6 Å². The second-order valence-corrected chi connectivity index (χ2v) is 4.37. The summed E-state index contributed by atoms with van der Waals surface area (Å²) in [6.45, 7) is 8.34. The van der Waals surface area contributed by atoms with Crippen LogP contribution in [0.5, 0.6) is 0 Å². The number of halogens is 2. The lowest BCUT2D eigenvalue weighted by Gasteiger charge is -2.22. The molecular weight excluding hydrogens is 235 g/mol.